The van der Waals surface area contributed by atoms with Crippen LogP contribution in [0.25, 0.3) is 11.0 Å². The maximum atomic E-state index is 13.5. The van der Waals surface area contributed by atoms with E-state index in [0.717, 1.165) is 19.2 Å². The number of alkyl halides is 3. The number of nitrogens with zero attached hydrogens (tertiary/aromatic N) is 3. The van der Waals surface area contributed by atoms with Gasteiger partial charge in [-0.3, -0.25) is 4.79 Å². The number of benzene rings is 1. The van der Waals surface area contributed by atoms with Gasteiger partial charge in [0, 0.05) is 26.2 Å². The Hall–Kier alpha value is -2.16. The third-order valence-corrected chi connectivity index (χ3v) is 5.02. The van der Waals surface area contributed by atoms with Crippen molar-refractivity contribution >= 4 is 16.9 Å². The van der Waals surface area contributed by atoms with Gasteiger partial charge in [-0.2, -0.15) is 13.2 Å². The molecule has 1 aromatic heterocycles. The summed E-state index contributed by atoms with van der Waals surface area (Å²) < 4.78 is 52.7. The highest BCUT2D eigenvalue weighted by molar-refractivity contribution is 5.95. The van der Waals surface area contributed by atoms with E-state index in [1.807, 2.05) is 7.05 Å². The Kier molecular flexibility index (Phi) is 3.54. The molecule has 0 bridgehead atoms. The maximum Gasteiger partial charge on any atom is 0.418 e. The average molecular weight is 356 g/mol. The molecule has 25 heavy (non-hydrogen) atoms. The van der Waals surface area contributed by atoms with Crippen molar-refractivity contribution in [2.24, 2.45) is 11.8 Å². The molecule has 2 saturated heterocycles. The number of carbonyl (C=O) groups excluding carboxylic acids is 1. The first kappa shape index (κ1) is 16.3. The summed E-state index contributed by atoms with van der Waals surface area (Å²) in [6.45, 7) is 2.92. The molecule has 0 radical (unpaired) electrons. The molecular weight excluding hydrogens is 340 g/mol. The van der Waals surface area contributed by atoms with Crippen LogP contribution in [0.1, 0.15) is 16.2 Å². The molecule has 0 saturated carbocycles. The van der Waals surface area contributed by atoms with Gasteiger partial charge in [0.1, 0.15) is 11.3 Å². The predicted octanol–water partition coefficient (Wildman–Crippen LogP) is 2.35. The van der Waals surface area contributed by atoms with Gasteiger partial charge < -0.3 is 14.8 Å². The molecule has 9 heteroatoms. The number of carbonyl (C=O) groups is 1. The summed E-state index contributed by atoms with van der Waals surface area (Å²) in [4.78, 5) is 22.8. The third kappa shape index (κ3) is 2.76. The molecule has 0 spiro atoms. The number of likely N-dealkylation sites (tertiary alicyclic amines) is 2. The number of aromatic amines is 1. The first-order valence-electron chi connectivity index (χ1n) is 7.96. The Balaban J connectivity index is 1.65. The van der Waals surface area contributed by atoms with Crippen molar-refractivity contribution in [3.63, 3.8) is 0 Å². The van der Waals surface area contributed by atoms with Gasteiger partial charge in [-0.05, 0) is 31.0 Å². The topological polar surface area (TPSA) is 52.2 Å². The molecule has 1 N–H and O–H groups in total. The molecule has 4 rings (SSSR count). The molecule has 0 aliphatic carbocycles. The van der Waals surface area contributed by atoms with E-state index in [4.69, 9.17) is 0 Å². The van der Waals surface area contributed by atoms with Crippen LogP contribution in [0.4, 0.5) is 17.6 Å². The number of imidazole rings is 1. The van der Waals surface area contributed by atoms with Gasteiger partial charge in [0.15, 0.2) is 5.82 Å². The van der Waals surface area contributed by atoms with E-state index in [1.54, 1.807) is 4.90 Å². The van der Waals surface area contributed by atoms with Crippen LogP contribution in [-0.2, 0) is 6.18 Å². The van der Waals surface area contributed by atoms with Crippen molar-refractivity contribution in [3.8, 4) is 0 Å². The second kappa shape index (κ2) is 5.42. The average Bonchev–Trinajstić information content (AvgIpc) is 3.16. The Morgan fingerprint density at radius 3 is 2.44 bits per heavy atom. The van der Waals surface area contributed by atoms with Crippen LogP contribution >= 0.6 is 0 Å². The normalized spacial score (nSPS) is 24.3. The third-order valence-electron chi connectivity index (χ3n) is 5.02. The molecule has 1 aromatic carbocycles. The van der Waals surface area contributed by atoms with Crippen molar-refractivity contribution in [1.82, 2.24) is 19.8 Å². The second-order valence-electron chi connectivity index (χ2n) is 6.88. The minimum absolute atomic E-state index is 0.130. The molecule has 2 aromatic rings. The van der Waals surface area contributed by atoms with Crippen molar-refractivity contribution in [1.29, 1.82) is 0 Å². The van der Waals surface area contributed by atoms with E-state index in [2.05, 4.69) is 14.9 Å². The maximum absolute atomic E-state index is 13.5. The predicted molar refractivity (Wildman–Crippen MR) is 81.4 cm³/mol. The van der Waals surface area contributed by atoms with Crippen LogP contribution in [-0.4, -0.2) is 58.9 Å². The highest BCUT2D eigenvalue weighted by Gasteiger charge is 2.41. The molecule has 2 aliphatic rings. The van der Waals surface area contributed by atoms with Crippen molar-refractivity contribution in [2.75, 3.05) is 33.2 Å². The van der Waals surface area contributed by atoms with Gasteiger partial charge in [0.05, 0.1) is 11.1 Å². The summed E-state index contributed by atoms with van der Waals surface area (Å²) in [5.74, 6) is -0.898. The summed E-state index contributed by atoms with van der Waals surface area (Å²) in [7, 11) is 2.02. The molecule has 2 atom stereocenters. The number of nitrogens with one attached hydrogen (secondary N) is 1. The zero-order chi connectivity index (χ0) is 17.9. The minimum Gasteiger partial charge on any atom is -0.335 e. The fraction of sp³-hybridized carbons (Fsp3) is 0.500. The van der Waals surface area contributed by atoms with E-state index in [-0.39, 0.29) is 11.3 Å². The van der Waals surface area contributed by atoms with Gasteiger partial charge >= 0.3 is 6.18 Å². The van der Waals surface area contributed by atoms with Gasteiger partial charge in [-0.1, -0.05) is 0 Å². The van der Waals surface area contributed by atoms with E-state index >= 15 is 0 Å². The number of H-pyrrole nitrogens is 1. The number of rotatable bonds is 1. The Morgan fingerprint density at radius 1 is 1.20 bits per heavy atom. The fourth-order valence-corrected chi connectivity index (χ4v) is 3.94. The van der Waals surface area contributed by atoms with Crippen molar-refractivity contribution in [2.45, 2.75) is 6.18 Å². The van der Waals surface area contributed by atoms with Gasteiger partial charge in [0.25, 0.3) is 5.91 Å². The van der Waals surface area contributed by atoms with Crippen molar-refractivity contribution in [3.05, 3.63) is 29.3 Å². The monoisotopic (exact) mass is 356 g/mol. The SMILES string of the molecule is CN1C[C@@H]2CN(C(=O)c3nc4c(C(F)(F)F)cc(F)cc4[nH]3)C[C@@H]2C1. The highest BCUT2D eigenvalue weighted by atomic mass is 19.4. The van der Waals surface area contributed by atoms with Crippen LogP contribution in [0.3, 0.4) is 0 Å². The smallest absolute Gasteiger partial charge is 0.335 e. The number of fused-ring (bicyclic) bond motifs is 2. The molecule has 0 unspecified atom stereocenters. The van der Waals surface area contributed by atoms with Crippen LogP contribution in [0.15, 0.2) is 12.1 Å². The quantitative estimate of drug-likeness (QED) is 0.798. The number of amides is 1. The van der Waals surface area contributed by atoms with Gasteiger partial charge in [-0.15, -0.1) is 0 Å². The Labute approximate surface area is 140 Å². The largest absolute Gasteiger partial charge is 0.418 e. The van der Waals surface area contributed by atoms with Gasteiger partial charge in [-0.25, -0.2) is 9.37 Å². The summed E-state index contributed by atoms with van der Waals surface area (Å²) in [5, 5.41) is 0. The van der Waals surface area contributed by atoms with Crippen LogP contribution < -0.4 is 0 Å². The van der Waals surface area contributed by atoms with Crippen LogP contribution in [0, 0.1) is 17.7 Å². The van der Waals surface area contributed by atoms with Crippen LogP contribution in [0.5, 0.6) is 0 Å². The number of aromatic nitrogens is 2. The lowest BCUT2D eigenvalue weighted by Gasteiger charge is -2.18. The Morgan fingerprint density at radius 2 is 1.84 bits per heavy atom. The summed E-state index contributed by atoms with van der Waals surface area (Å²) in [6.07, 6.45) is -4.74. The molecular formula is C16H16F4N4O. The molecule has 3 heterocycles. The summed E-state index contributed by atoms with van der Waals surface area (Å²) in [5.41, 5.74) is -1.75. The lowest BCUT2D eigenvalue weighted by Crippen LogP contribution is -2.32. The Bertz CT molecular complexity index is 833. The molecule has 2 fully saturated rings. The van der Waals surface area contributed by atoms with E-state index in [9.17, 15) is 22.4 Å². The zero-order valence-electron chi connectivity index (χ0n) is 13.4. The lowest BCUT2D eigenvalue weighted by atomic mass is 10.0. The van der Waals surface area contributed by atoms with E-state index in [1.165, 1.54) is 0 Å². The van der Waals surface area contributed by atoms with Gasteiger partial charge in [0.2, 0.25) is 0 Å². The molecule has 2 aliphatic heterocycles. The first-order valence-corrected chi connectivity index (χ1v) is 7.96. The highest BCUT2D eigenvalue weighted by Crippen LogP contribution is 2.35. The zero-order valence-corrected chi connectivity index (χ0v) is 13.4. The number of halogens is 4. The molecule has 1 amide bonds. The van der Waals surface area contributed by atoms with Crippen molar-refractivity contribution < 1.29 is 22.4 Å². The summed E-state index contributed by atoms with van der Waals surface area (Å²) in [6, 6.07) is 1.32. The molecule has 134 valence electrons. The minimum atomic E-state index is -4.74. The fourth-order valence-electron chi connectivity index (χ4n) is 3.94. The van der Waals surface area contributed by atoms with E-state index in [0.29, 0.717) is 31.0 Å². The standard InChI is InChI=1S/C16H16F4N4O/c1-23-4-8-6-24(7-9(8)5-23)15(25)14-21-12-3-10(17)2-11(13(12)22-14)16(18,19)20/h2-3,8-9H,4-7H2,1H3,(H,21,22)/t8-,9+. The van der Waals surface area contributed by atoms with Crippen LogP contribution in [0.2, 0.25) is 0 Å². The number of hydrogen-bond acceptors (Lipinski definition) is 3. The van der Waals surface area contributed by atoms with E-state index < -0.39 is 29.0 Å². The first-order chi connectivity index (χ1) is 11.7. The number of hydrogen-bond donors (Lipinski definition) is 1. The lowest BCUT2D eigenvalue weighted by molar-refractivity contribution is -0.136. The summed E-state index contributed by atoms with van der Waals surface area (Å²) >= 11 is 0. The molecule has 5 nitrogen and oxygen atoms in total. The second-order valence-corrected chi connectivity index (χ2v) is 6.88.